The van der Waals surface area contributed by atoms with Gasteiger partial charge in [-0.05, 0) is 37.6 Å². The number of hydrogen-bond acceptors (Lipinski definition) is 9. The number of ether oxygens (including phenoxy) is 2. The predicted molar refractivity (Wildman–Crippen MR) is 150 cm³/mol. The van der Waals surface area contributed by atoms with E-state index in [1.165, 1.54) is 13.3 Å². The maximum atomic E-state index is 13.0. The second-order valence-electron chi connectivity index (χ2n) is 9.90. The first-order valence-corrected chi connectivity index (χ1v) is 13.0. The summed E-state index contributed by atoms with van der Waals surface area (Å²) in [6, 6.07) is 8.12. The minimum Gasteiger partial charge on any atom is -0.489 e. The Morgan fingerprint density at radius 1 is 1.32 bits per heavy atom. The number of nitriles is 1. The van der Waals surface area contributed by atoms with E-state index in [4.69, 9.17) is 14.5 Å². The number of aliphatic hydroxyl groups is 1. The molecule has 6 heterocycles. The van der Waals surface area contributed by atoms with Gasteiger partial charge in [0.05, 0.1) is 48.8 Å². The van der Waals surface area contributed by atoms with Crippen LogP contribution in [0.1, 0.15) is 18.9 Å². The van der Waals surface area contributed by atoms with Crippen LogP contribution >= 0.6 is 0 Å². The van der Waals surface area contributed by atoms with Crippen LogP contribution in [0.5, 0.6) is 5.75 Å². The zero-order valence-electron chi connectivity index (χ0n) is 22.7. The molecular formula is C29H31N7O4. The van der Waals surface area contributed by atoms with Crippen molar-refractivity contribution in [2.75, 3.05) is 38.8 Å². The Balaban J connectivity index is 1.31. The Labute approximate surface area is 232 Å². The molecule has 1 amide bonds. The number of fused-ring (bicyclic) bond motifs is 3. The van der Waals surface area contributed by atoms with Gasteiger partial charge in [0.2, 0.25) is 5.90 Å². The molecular weight excluding hydrogens is 510 g/mol. The van der Waals surface area contributed by atoms with E-state index < -0.39 is 6.10 Å². The molecule has 206 valence electrons. The van der Waals surface area contributed by atoms with Crippen LogP contribution in [0.3, 0.4) is 0 Å². The first kappa shape index (κ1) is 26.9. The van der Waals surface area contributed by atoms with E-state index in [0.717, 1.165) is 23.4 Å². The quantitative estimate of drug-likeness (QED) is 0.199. The third-order valence-corrected chi connectivity index (χ3v) is 7.14. The van der Waals surface area contributed by atoms with Crippen LogP contribution in [0, 0.1) is 11.3 Å². The number of aromatic nitrogens is 3. The molecule has 0 saturated carbocycles. The summed E-state index contributed by atoms with van der Waals surface area (Å²) in [5.41, 5.74) is 3.06. The van der Waals surface area contributed by atoms with Crippen molar-refractivity contribution >= 4 is 23.1 Å². The minimum absolute atomic E-state index is 0.0807. The van der Waals surface area contributed by atoms with Crippen molar-refractivity contribution in [3.8, 4) is 22.9 Å². The largest absolute Gasteiger partial charge is 0.489 e. The van der Waals surface area contributed by atoms with Gasteiger partial charge in [-0.25, -0.2) is 9.50 Å². The second-order valence-corrected chi connectivity index (χ2v) is 9.90. The molecule has 3 fully saturated rings. The molecule has 11 nitrogen and oxygen atoms in total. The third kappa shape index (κ3) is 5.13. The van der Waals surface area contributed by atoms with Gasteiger partial charge in [-0.2, -0.15) is 10.4 Å². The van der Waals surface area contributed by atoms with E-state index in [2.05, 4.69) is 27.6 Å². The van der Waals surface area contributed by atoms with Gasteiger partial charge in [0.1, 0.15) is 24.2 Å². The molecule has 3 atom stereocenters. The number of carbonyl (C=O) groups is 1. The number of aliphatic hydroxyl groups excluding tert-OH is 1. The maximum Gasteiger partial charge on any atom is 0.253 e. The molecule has 3 aliphatic rings. The van der Waals surface area contributed by atoms with Crippen LogP contribution in [0.4, 0.5) is 5.82 Å². The summed E-state index contributed by atoms with van der Waals surface area (Å²) in [4.78, 5) is 25.8. The fourth-order valence-electron chi connectivity index (χ4n) is 5.20. The predicted octanol–water partition coefficient (Wildman–Crippen LogP) is 2.60. The topological polar surface area (TPSA) is 129 Å². The van der Waals surface area contributed by atoms with Crippen LogP contribution in [0.2, 0.25) is 0 Å². The summed E-state index contributed by atoms with van der Waals surface area (Å²) >= 11 is 0. The molecule has 40 heavy (non-hydrogen) atoms. The highest BCUT2D eigenvalue weighted by Crippen LogP contribution is 2.36. The molecule has 2 bridgehead atoms. The molecule has 3 aromatic heterocycles. The van der Waals surface area contributed by atoms with Crippen LogP contribution < -0.4 is 9.64 Å². The SMILES string of the molecule is C=C(/C=C\C(=N/C)OC)C(=O)N1C2CC1CN(c1ccc(-c3cc(OC[C@@H](C)O)cn4ncc(C#N)c34)cn1)C2. The smallest absolute Gasteiger partial charge is 0.253 e. The summed E-state index contributed by atoms with van der Waals surface area (Å²) in [5.74, 6) is 1.69. The van der Waals surface area contributed by atoms with Crippen molar-refractivity contribution in [2.45, 2.75) is 31.5 Å². The van der Waals surface area contributed by atoms with E-state index in [1.54, 1.807) is 43.0 Å². The van der Waals surface area contributed by atoms with Crippen molar-refractivity contribution in [1.82, 2.24) is 19.5 Å². The molecule has 6 rings (SSSR count). The lowest BCUT2D eigenvalue weighted by Crippen LogP contribution is -2.70. The lowest BCUT2D eigenvalue weighted by molar-refractivity contribution is -0.141. The van der Waals surface area contributed by atoms with Gasteiger partial charge >= 0.3 is 0 Å². The number of rotatable bonds is 8. The monoisotopic (exact) mass is 541 g/mol. The van der Waals surface area contributed by atoms with Gasteiger partial charge in [-0.3, -0.25) is 9.79 Å². The summed E-state index contributed by atoms with van der Waals surface area (Å²) in [6.07, 6.45) is 8.59. The van der Waals surface area contributed by atoms with Crippen LogP contribution in [-0.4, -0.2) is 88.5 Å². The molecule has 3 aromatic rings. The fourth-order valence-corrected chi connectivity index (χ4v) is 5.20. The Kier molecular flexibility index (Phi) is 7.53. The Hall–Kier alpha value is -4.69. The molecule has 3 saturated heterocycles. The second kappa shape index (κ2) is 11.2. The average Bonchev–Trinajstić information content (AvgIpc) is 3.39. The Morgan fingerprint density at radius 3 is 2.73 bits per heavy atom. The van der Waals surface area contributed by atoms with Crippen molar-refractivity contribution in [1.29, 1.82) is 5.26 Å². The van der Waals surface area contributed by atoms with Gasteiger partial charge in [0, 0.05) is 49.1 Å². The van der Waals surface area contributed by atoms with Crippen molar-refractivity contribution < 1.29 is 19.4 Å². The van der Waals surface area contributed by atoms with Crippen molar-refractivity contribution in [2.24, 2.45) is 4.99 Å². The van der Waals surface area contributed by atoms with E-state index in [0.29, 0.717) is 41.4 Å². The average molecular weight is 542 g/mol. The normalized spacial score (nSPS) is 19.3. The fraction of sp³-hybridized carbons (Fsp3) is 0.345. The van der Waals surface area contributed by atoms with Gasteiger partial charge in [0.15, 0.2) is 0 Å². The van der Waals surface area contributed by atoms with E-state index in [9.17, 15) is 15.2 Å². The number of amides is 1. The highest BCUT2D eigenvalue weighted by atomic mass is 16.5. The Bertz CT molecular complexity index is 1520. The van der Waals surface area contributed by atoms with E-state index >= 15 is 0 Å². The van der Waals surface area contributed by atoms with Gasteiger partial charge < -0.3 is 24.4 Å². The molecule has 0 aliphatic carbocycles. The summed E-state index contributed by atoms with van der Waals surface area (Å²) in [5, 5.41) is 23.5. The minimum atomic E-state index is -0.622. The molecule has 0 radical (unpaired) electrons. The van der Waals surface area contributed by atoms with Crippen LogP contribution in [0.25, 0.3) is 16.6 Å². The number of aliphatic imine (C=N–C) groups is 1. The first-order chi connectivity index (χ1) is 19.3. The van der Waals surface area contributed by atoms with Crippen molar-refractivity contribution in [3.05, 3.63) is 66.7 Å². The zero-order chi connectivity index (χ0) is 28.4. The Morgan fingerprint density at radius 2 is 2.10 bits per heavy atom. The molecule has 11 heteroatoms. The highest BCUT2D eigenvalue weighted by Gasteiger charge is 2.47. The molecule has 1 N–H and O–H groups in total. The van der Waals surface area contributed by atoms with E-state index in [-0.39, 0.29) is 24.6 Å². The number of anilines is 1. The summed E-state index contributed by atoms with van der Waals surface area (Å²) < 4.78 is 12.4. The number of piperazine rings is 1. The molecule has 0 spiro atoms. The number of methoxy groups -OCH3 is 1. The lowest BCUT2D eigenvalue weighted by Gasteiger charge is -2.56. The van der Waals surface area contributed by atoms with Gasteiger partial charge in [0.25, 0.3) is 5.91 Å². The maximum absolute atomic E-state index is 13.0. The number of piperidine rings is 1. The van der Waals surface area contributed by atoms with Crippen LogP contribution in [-0.2, 0) is 9.53 Å². The number of pyridine rings is 2. The van der Waals surface area contributed by atoms with Crippen molar-refractivity contribution in [3.63, 3.8) is 0 Å². The third-order valence-electron chi connectivity index (χ3n) is 7.14. The first-order valence-electron chi connectivity index (χ1n) is 13.0. The van der Waals surface area contributed by atoms with Crippen LogP contribution in [0.15, 0.2) is 66.1 Å². The number of hydrogen-bond donors (Lipinski definition) is 1. The zero-order valence-corrected chi connectivity index (χ0v) is 22.7. The van der Waals surface area contributed by atoms with E-state index in [1.807, 2.05) is 23.1 Å². The van der Waals surface area contributed by atoms with Gasteiger partial charge in [-0.1, -0.05) is 6.58 Å². The molecule has 0 aromatic carbocycles. The lowest BCUT2D eigenvalue weighted by atomic mass is 9.86. The number of carbonyl (C=O) groups excluding carboxylic acids is 1. The molecule has 2 unspecified atom stereocenters. The summed E-state index contributed by atoms with van der Waals surface area (Å²) in [7, 11) is 3.15. The van der Waals surface area contributed by atoms with Gasteiger partial charge in [-0.15, -0.1) is 0 Å². The standard InChI is InChI=1S/C29H31N7O4/c1-18(5-8-27(31-3)39-4)29(38)36-22-9-23(36)15-34(14-22)26-7-6-20(12-32-26)25-10-24(40-17-19(2)37)16-35-28(25)21(11-30)13-33-35/h5-8,10,12-13,16,19,22-23,37H,1,9,14-15,17H2,2-4H3/b8-5-,31-27+/t19-,22?,23?/m1/s1. The summed E-state index contributed by atoms with van der Waals surface area (Å²) in [6.45, 7) is 7.08. The molecule has 3 aliphatic heterocycles. The number of nitrogens with zero attached hydrogens (tertiary/aromatic N) is 7. The highest BCUT2D eigenvalue weighted by molar-refractivity contribution is 5.99.